The van der Waals surface area contributed by atoms with Crippen LogP contribution in [0.5, 0.6) is 0 Å². The number of esters is 1. The molecule has 0 fully saturated rings. The number of rotatable bonds is 4. The van der Waals surface area contributed by atoms with E-state index in [1.165, 1.54) is 7.11 Å². The number of anilines is 1. The summed E-state index contributed by atoms with van der Waals surface area (Å²) in [7, 11) is 1.34. The lowest BCUT2D eigenvalue weighted by molar-refractivity contribution is 0.0602. The molecule has 1 aromatic carbocycles. The number of carbonyl (C=O) groups excluding carboxylic acids is 1. The van der Waals surface area contributed by atoms with Gasteiger partial charge in [-0.3, -0.25) is 5.10 Å². The quantitative estimate of drug-likeness (QED) is 0.844. The van der Waals surface area contributed by atoms with Gasteiger partial charge < -0.3 is 10.1 Å². The third-order valence-electron chi connectivity index (χ3n) is 2.75. The molecule has 5 nitrogen and oxygen atoms in total. The highest BCUT2D eigenvalue weighted by atomic mass is 35.5. The first-order chi connectivity index (χ1) is 9.11. The van der Waals surface area contributed by atoms with Gasteiger partial charge in [0.2, 0.25) is 0 Å². The second-order valence-electron chi connectivity index (χ2n) is 4.06. The van der Waals surface area contributed by atoms with Gasteiger partial charge in [-0.05, 0) is 31.2 Å². The van der Waals surface area contributed by atoms with E-state index < -0.39 is 5.97 Å². The third kappa shape index (κ3) is 3.06. The van der Waals surface area contributed by atoms with E-state index in [4.69, 9.17) is 16.3 Å². The zero-order valence-electron chi connectivity index (χ0n) is 10.6. The molecular formula is C13H14ClN3O2. The summed E-state index contributed by atoms with van der Waals surface area (Å²) in [4.78, 5) is 11.7. The molecule has 100 valence electrons. The average molecular weight is 280 g/mol. The van der Waals surface area contributed by atoms with Crippen LogP contribution in [0.2, 0.25) is 5.02 Å². The number of carbonyl (C=O) groups is 1. The standard InChI is InChI=1S/C13H14ClN3O2/c1-8(11-5-6-15-17-11)16-12-4-3-9(14)7-10(12)13(18)19-2/h3-8,16H,1-2H3,(H,15,17). The van der Waals surface area contributed by atoms with Crippen LogP contribution in [-0.2, 0) is 4.74 Å². The second-order valence-corrected chi connectivity index (χ2v) is 4.50. The molecule has 1 aromatic heterocycles. The summed E-state index contributed by atoms with van der Waals surface area (Å²) in [6.45, 7) is 1.96. The average Bonchev–Trinajstić information content (AvgIpc) is 2.94. The van der Waals surface area contributed by atoms with E-state index >= 15 is 0 Å². The van der Waals surface area contributed by atoms with E-state index in [0.717, 1.165) is 5.69 Å². The summed E-state index contributed by atoms with van der Waals surface area (Å²) in [5.41, 5.74) is 1.99. The van der Waals surface area contributed by atoms with Crippen molar-refractivity contribution in [3.05, 3.63) is 46.7 Å². The summed E-state index contributed by atoms with van der Waals surface area (Å²) >= 11 is 5.90. The zero-order chi connectivity index (χ0) is 13.8. The van der Waals surface area contributed by atoms with E-state index in [1.54, 1.807) is 24.4 Å². The van der Waals surface area contributed by atoms with Crippen molar-refractivity contribution in [3.63, 3.8) is 0 Å². The SMILES string of the molecule is COC(=O)c1cc(Cl)ccc1NC(C)c1ccn[nH]1. The molecule has 1 unspecified atom stereocenters. The van der Waals surface area contributed by atoms with Crippen LogP contribution in [0.1, 0.15) is 29.0 Å². The van der Waals surface area contributed by atoms with Crippen LogP contribution in [0.25, 0.3) is 0 Å². The Morgan fingerprint density at radius 3 is 2.89 bits per heavy atom. The van der Waals surface area contributed by atoms with Crippen LogP contribution in [0.3, 0.4) is 0 Å². The fraction of sp³-hybridized carbons (Fsp3) is 0.231. The van der Waals surface area contributed by atoms with Crippen LogP contribution in [0.4, 0.5) is 5.69 Å². The maximum Gasteiger partial charge on any atom is 0.340 e. The molecule has 0 amide bonds. The molecule has 19 heavy (non-hydrogen) atoms. The van der Waals surface area contributed by atoms with E-state index in [0.29, 0.717) is 16.3 Å². The Balaban J connectivity index is 2.27. The number of nitrogens with one attached hydrogen (secondary N) is 2. The van der Waals surface area contributed by atoms with Crippen LogP contribution < -0.4 is 5.32 Å². The fourth-order valence-corrected chi connectivity index (χ4v) is 1.91. The van der Waals surface area contributed by atoms with Crippen molar-refractivity contribution in [2.45, 2.75) is 13.0 Å². The Labute approximate surface area is 115 Å². The van der Waals surface area contributed by atoms with E-state index in [1.807, 2.05) is 13.0 Å². The Morgan fingerprint density at radius 2 is 2.26 bits per heavy atom. The van der Waals surface area contributed by atoms with Crippen LogP contribution in [0.15, 0.2) is 30.5 Å². The second kappa shape index (κ2) is 5.75. The minimum Gasteiger partial charge on any atom is -0.465 e. The highest BCUT2D eigenvalue weighted by molar-refractivity contribution is 6.31. The molecule has 0 saturated carbocycles. The summed E-state index contributed by atoms with van der Waals surface area (Å²) in [6, 6.07) is 6.89. The first kappa shape index (κ1) is 13.4. The van der Waals surface area contributed by atoms with Gasteiger partial charge in [-0.25, -0.2) is 4.79 Å². The van der Waals surface area contributed by atoms with Gasteiger partial charge in [0.05, 0.1) is 24.4 Å². The lowest BCUT2D eigenvalue weighted by Gasteiger charge is -2.16. The smallest absolute Gasteiger partial charge is 0.340 e. The van der Waals surface area contributed by atoms with Gasteiger partial charge in [0.15, 0.2) is 0 Å². The van der Waals surface area contributed by atoms with Gasteiger partial charge in [0.25, 0.3) is 0 Å². The summed E-state index contributed by atoms with van der Waals surface area (Å²) in [5.74, 6) is -0.429. The summed E-state index contributed by atoms with van der Waals surface area (Å²) in [6.07, 6.45) is 1.68. The molecule has 0 saturated heterocycles. The zero-order valence-corrected chi connectivity index (χ0v) is 11.4. The molecule has 0 aliphatic heterocycles. The monoisotopic (exact) mass is 279 g/mol. The number of H-pyrrole nitrogens is 1. The number of aromatic amines is 1. The Kier molecular flexibility index (Phi) is 4.06. The molecule has 0 bridgehead atoms. The number of nitrogens with zero attached hydrogens (tertiary/aromatic N) is 1. The van der Waals surface area contributed by atoms with Crippen molar-refractivity contribution < 1.29 is 9.53 Å². The number of benzene rings is 1. The molecule has 2 aromatic rings. The Bertz CT molecular complexity index is 569. The van der Waals surface area contributed by atoms with Crippen LogP contribution in [-0.4, -0.2) is 23.3 Å². The highest BCUT2D eigenvalue weighted by Gasteiger charge is 2.15. The maximum absolute atomic E-state index is 11.7. The van der Waals surface area contributed by atoms with Gasteiger partial charge in [-0.15, -0.1) is 0 Å². The number of hydrogen-bond donors (Lipinski definition) is 2. The molecule has 6 heteroatoms. The van der Waals surface area contributed by atoms with Gasteiger partial charge in [0, 0.05) is 16.9 Å². The predicted octanol–water partition coefficient (Wildman–Crippen LogP) is 3.02. The summed E-state index contributed by atoms with van der Waals surface area (Å²) < 4.78 is 4.75. The van der Waals surface area contributed by atoms with E-state index in [9.17, 15) is 4.79 Å². The molecule has 1 heterocycles. The number of ether oxygens (including phenoxy) is 1. The molecular weight excluding hydrogens is 266 g/mol. The first-order valence-corrected chi connectivity index (χ1v) is 6.13. The number of aromatic nitrogens is 2. The molecule has 2 N–H and O–H groups in total. The molecule has 2 rings (SSSR count). The Hall–Kier alpha value is -2.01. The largest absolute Gasteiger partial charge is 0.465 e. The number of halogens is 1. The molecule has 0 aliphatic rings. The minimum atomic E-state index is -0.429. The van der Waals surface area contributed by atoms with Crippen molar-refractivity contribution in [3.8, 4) is 0 Å². The van der Waals surface area contributed by atoms with Gasteiger partial charge >= 0.3 is 5.97 Å². The predicted molar refractivity (Wildman–Crippen MR) is 73.4 cm³/mol. The van der Waals surface area contributed by atoms with Crippen molar-refractivity contribution in [2.75, 3.05) is 12.4 Å². The van der Waals surface area contributed by atoms with Crippen molar-refractivity contribution in [2.24, 2.45) is 0 Å². The van der Waals surface area contributed by atoms with Gasteiger partial charge in [-0.1, -0.05) is 11.6 Å². The molecule has 1 atom stereocenters. The van der Waals surface area contributed by atoms with Crippen LogP contribution >= 0.6 is 11.6 Å². The topological polar surface area (TPSA) is 67.0 Å². The lowest BCUT2D eigenvalue weighted by Crippen LogP contribution is -2.12. The van der Waals surface area contributed by atoms with Crippen molar-refractivity contribution in [1.29, 1.82) is 0 Å². The van der Waals surface area contributed by atoms with Crippen LogP contribution in [0, 0.1) is 0 Å². The van der Waals surface area contributed by atoms with Crippen molar-refractivity contribution in [1.82, 2.24) is 10.2 Å². The number of hydrogen-bond acceptors (Lipinski definition) is 4. The molecule has 0 radical (unpaired) electrons. The third-order valence-corrected chi connectivity index (χ3v) is 2.98. The van der Waals surface area contributed by atoms with Gasteiger partial charge in [-0.2, -0.15) is 5.10 Å². The van der Waals surface area contributed by atoms with E-state index in [-0.39, 0.29) is 6.04 Å². The lowest BCUT2D eigenvalue weighted by atomic mass is 10.1. The normalized spacial score (nSPS) is 11.9. The summed E-state index contributed by atoms with van der Waals surface area (Å²) in [5, 5.41) is 10.5. The minimum absolute atomic E-state index is 0.0212. The maximum atomic E-state index is 11.7. The first-order valence-electron chi connectivity index (χ1n) is 5.75. The highest BCUT2D eigenvalue weighted by Crippen LogP contribution is 2.25. The molecule has 0 spiro atoms. The fourth-order valence-electron chi connectivity index (χ4n) is 1.74. The van der Waals surface area contributed by atoms with E-state index in [2.05, 4.69) is 15.5 Å². The molecule has 0 aliphatic carbocycles. The number of methoxy groups -OCH3 is 1. The Morgan fingerprint density at radius 1 is 1.47 bits per heavy atom. The van der Waals surface area contributed by atoms with Gasteiger partial charge in [0.1, 0.15) is 0 Å². The van der Waals surface area contributed by atoms with Crippen molar-refractivity contribution >= 4 is 23.3 Å².